The third-order valence-electron chi connectivity index (χ3n) is 4.09. The van der Waals surface area contributed by atoms with Crippen molar-refractivity contribution < 1.29 is 19.4 Å². The number of aliphatic carboxylic acids is 1. The van der Waals surface area contributed by atoms with Crippen molar-refractivity contribution in [2.24, 2.45) is 11.8 Å². The predicted octanol–water partition coefficient (Wildman–Crippen LogP) is 1.65. The largest absolute Gasteiger partial charge is 0.481 e. The number of amides is 1. The lowest BCUT2D eigenvalue weighted by Crippen LogP contribution is -2.43. The summed E-state index contributed by atoms with van der Waals surface area (Å²) in [4.78, 5) is 23.6. The Bertz CT molecular complexity index is 630. The molecule has 4 atom stereocenters. The first-order chi connectivity index (χ1) is 10.6. The number of fused-ring (bicyclic) bond motifs is 2. The normalized spacial score (nSPS) is 28.8. The van der Waals surface area contributed by atoms with Crippen LogP contribution in [0.5, 0.6) is 0 Å². The van der Waals surface area contributed by atoms with Gasteiger partial charge in [-0.05, 0) is 24.1 Å². The average Bonchev–Trinajstić information content (AvgIpc) is 3.07. The van der Waals surface area contributed by atoms with Gasteiger partial charge in [-0.1, -0.05) is 35.9 Å². The minimum atomic E-state index is -0.994. The van der Waals surface area contributed by atoms with Gasteiger partial charge in [0.2, 0.25) is 5.91 Å². The van der Waals surface area contributed by atoms with Crippen LogP contribution in [0.2, 0.25) is 5.02 Å². The predicted molar refractivity (Wildman–Crippen MR) is 80.6 cm³/mol. The molecule has 2 aliphatic rings. The second-order valence-corrected chi connectivity index (χ2v) is 5.95. The standard InChI is InChI=1S/C16H16ClNO4/c17-10-3-1-2-9(8-10)6-7-18-15(19)13-11-4-5-12(22-11)14(13)16(20)21/h1-5,8,11-14H,6-7H2,(H,18,19)(H,20,21)/t11-,12-,13+,14-/m0/s1. The molecule has 6 heteroatoms. The first-order valence-electron chi connectivity index (χ1n) is 7.15. The number of nitrogens with one attached hydrogen (secondary N) is 1. The van der Waals surface area contributed by atoms with Crippen molar-refractivity contribution in [2.75, 3.05) is 6.54 Å². The van der Waals surface area contributed by atoms with Crippen molar-refractivity contribution in [3.63, 3.8) is 0 Å². The second-order valence-electron chi connectivity index (χ2n) is 5.51. The molecule has 1 saturated heterocycles. The lowest BCUT2D eigenvalue weighted by molar-refractivity contribution is -0.146. The van der Waals surface area contributed by atoms with E-state index in [1.807, 2.05) is 18.2 Å². The van der Waals surface area contributed by atoms with Crippen molar-refractivity contribution in [3.8, 4) is 0 Å². The summed E-state index contributed by atoms with van der Waals surface area (Å²) >= 11 is 5.91. The molecule has 1 amide bonds. The summed E-state index contributed by atoms with van der Waals surface area (Å²) in [5, 5.41) is 12.7. The van der Waals surface area contributed by atoms with Gasteiger partial charge in [0.05, 0.1) is 18.1 Å². The van der Waals surface area contributed by atoms with Crippen molar-refractivity contribution in [3.05, 3.63) is 47.0 Å². The fourth-order valence-corrected chi connectivity index (χ4v) is 3.27. The van der Waals surface area contributed by atoms with Gasteiger partial charge in [0.1, 0.15) is 5.92 Å². The number of benzene rings is 1. The van der Waals surface area contributed by atoms with Crippen molar-refractivity contribution in [2.45, 2.75) is 18.6 Å². The van der Waals surface area contributed by atoms with E-state index in [4.69, 9.17) is 16.3 Å². The summed E-state index contributed by atoms with van der Waals surface area (Å²) in [6.45, 7) is 0.434. The highest BCUT2D eigenvalue weighted by Crippen LogP contribution is 2.39. The molecule has 22 heavy (non-hydrogen) atoms. The van der Waals surface area contributed by atoms with Gasteiger partial charge in [0, 0.05) is 11.6 Å². The SMILES string of the molecule is O=C(O)[C@@H]1[C@H](C(=O)NCCc2cccc(Cl)c2)[C@@H]2C=C[C@@H]1O2. The first kappa shape index (κ1) is 15.1. The van der Waals surface area contributed by atoms with E-state index in [0.717, 1.165) is 5.56 Å². The van der Waals surface area contributed by atoms with Crippen molar-refractivity contribution in [1.82, 2.24) is 5.32 Å². The molecule has 1 aromatic rings. The lowest BCUT2D eigenvalue weighted by atomic mass is 9.82. The molecule has 2 N–H and O–H groups in total. The zero-order chi connectivity index (χ0) is 15.7. The maximum absolute atomic E-state index is 12.3. The number of carboxylic acids is 1. The van der Waals surface area contributed by atoms with Crippen LogP contribution in [0.1, 0.15) is 5.56 Å². The summed E-state index contributed by atoms with van der Waals surface area (Å²) in [6, 6.07) is 7.42. The molecule has 5 nitrogen and oxygen atoms in total. The molecule has 0 saturated carbocycles. The maximum atomic E-state index is 12.3. The molecular weight excluding hydrogens is 306 g/mol. The Balaban J connectivity index is 1.58. The van der Waals surface area contributed by atoms with Crippen molar-refractivity contribution in [1.29, 1.82) is 0 Å². The van der Waals surface area contributed by atoms with Crippen LogP contribution >= 0.6 is 11.6 Å². The fourth-order valence-electron chi connectivity index (χ4n) is 3.06. The van der Waals surface area contributed by atoms with Crippen LogP contribution < -0.4 is 5.32 Å². The quantitative estimate of drug-likeness (QED) is 0.809. The van der Waals surface area contributed by atoms with Gasteiger partial charge in [0.25, 0.3) is 0 Å². The van der Waals surface area contributed by atoms with Crippen LogP contribution in [-0.2, 0) is 20.7 Å². The topological polar surface area (TPSA) is 75.6 Å². The van der Waals surface area contributed by atoms with E-state index >= 15 is 0 Å². The van der Waals surface area contributed by atoms with Gasteiger partial charge < -0.3 is 15.2 Å². The highest BCUT2D eigenvalue weighted by atomic mass is 35.5. The van der Waals surface area contributed by atoms with Gasteiger partial charge in [0.15, 0.2) is 0 Å². The highest BCUT2D eigenvalue weighted by Gasteiger charge is 2.53. The lowest BCUT2D eigenvalue weighted by Gasteiger charge is -2.20. The zero-order valence-electron chi connectivity index (χ0n) is 11.7. The van der Waals surface area contributed by atoms with Crippen LogP contribution in [0, 0.1) is 11.8 Å². The van der Waals surface area contributed by atoms with Crippen molar-refractivity contribution >= 4 is 23.5 Å². The molecule has 0 aliphatic carbocycles. The summed E-state index contributed by atoms with van der Waals surface area (Å²) < 4.78 is 5.49. The van der Waals surface area contributed by atoms with Gasteiger partial charge in [-0.25, -0.2) is 0 Å². The minimum absolute atomic E-state index is 0.272. The molecule has 3 rings (SSSR count). The third-order valence-corrected chi connectivity index (χ3v) is 4.32. The zero-order valence-corrected chi connectivity index (χ0v) is 12.5. The van der Waals surface area contributed by atoms with Gasteiger partial charge in [-0.3, -0.25) is 9.59 Å². The smallest absolute Gasteiger partial charge is 0.310 e. The van der Waals surface area contributed by atoms with Gasteiger partial charge in [-0.2, -0.15) is 0 Å². The van der Waals surface area contributed by atoms with E-state index in [0.29, 0.717) is 18.0 Å². The highest BCUT2D eigenvalue weighted by molar-refractivity contribution is 6.30. The summed E-state index contributed by atoms with van der Waals surface area (Å²) in [5.74, 6) is -2.73. The molecule has 2 heterocycles. The Morgan fingerprint density at radius 1 is 1.23 bits per heavy atom. The van der Waals surface area contributed by atoms with Crippen LogP contribution in [0.3, 0.4) is 0 Å². The van der Waals surface area contributed by atoms with E-state index in [9.17, 15) is 14.7 Å². The molecule has 2 bridgehead atoms. The monoisotopic (exact) mass is 321 g/mol. The second kappa shape index (κ2) is 6.10. The molecule has 1 fully saturated rings. The number of ether oxygens (including phenoxy) is 1. The number of rotatable bonds is 5. The Morgan fingerprint density at radius 2 is 1.95 bits per heavy atom. The number of carbonyl (C=O) groups excluding carboxylic acids is 1. The first-order valence-corrected chi connectivity index (χ1v) is 7.53. The number of hydrogen-bond donors (Lipinski definition) is 2. The Hall–Kier alpha value is -1.85. The van der Waals surface area contributed by atoms with Crippen LogP contribution in [0.4, 0.5) is 0 Å². The number of carboxylic acid groups (broad SMARTS) is 1. The van der Waals surface area contributed by atoms with Gasteiger partial charge >= 0.3 is 5.97 Å². The molecule has 0 spiro atoms. The number of carbonyl (C=O) groups is 2. The number of hydrogen-bond acceptors (Lipinski definition) is 3. The van der Waals surface area contributed by atoms with E-state index < -0.39 is 30.0 Å². The molecule has 116 valence electrons. The van der Waals surface area contributed by atoms with Gasteiger partial charge in [-0.15, -0.1) is 0 Å². The molecule has 2 aliphatic heterocycles. The van der Waals surface area contributed by atoms with E-state index in [1.165, 1.54) is 0 Å². The summed E-state index contributed by atoms with van der Waals surface area (Å²) in [7, 11) is 0. The molecule has 0 radical (unpaired) electrons. The van der Waals surface area contributed by atoms with Crippen LogP contribution in [0.15, 0.2) is 36.4 Å². The van der Waals surface area contributed by atoms with E-state index in [1.54, 1.807) is 18.2 Å². The van der Waals surface area contributed by atoms with Crippen LogP contribution in [-0.4, -0.2) is 35.7 Å². The Morgan fingerprint density at radius 3 is 2.64 bits per heavy atom. The Labute approximate surface area is 132 Å². The Kier molecular flexibility index (Phi) is 4.18. The number of halogens is 1. The maximum Gasteiger partial charge on any atom is 0.310 e. The minimum Gasteiger partial charge on any atom is -0.481 e. The molecule has 1 aromatic carbocycles. The van der Waals surface area contributed by atoms with E-state index in [-0.39, 0.29) is 5.91 Å². The molecular formula is C16H16ClNO4. The summed E-state index contributed by atoms with van der Waals surface area (Å²) in [6.07, 6.45) is 3.20. The summed E-state index contributed by atoms with van der Waals surface area (Å²) in [5.41, 5.74) is 1.02. The molecule has 0 unspecified atom stereocenters. The third kappa shape index (κ3) is 2.87. The fraction of sp³-hybridized carbons (Fsp3) is 0.375. The molecule has 0 aromatic heterocycles. The van der Waals surface area contributed by atoms with Crippen LogP contribution in [0.25, 0.3) is 0 Å². The average molecular weight is 322 g/mol. The van der Waals surface area contributed by atoms with E-state index in [2.05, 4.69) is 5.32 Å².